The van der Waals surface area contributed by atoms with E-state index >= 15 is 0 Å². The minimum absolute atomic E-state index is 0.0385. The van der Waals surface area contributed by atoms with Gasteiger partial charge in [0, 0.05) is 76.2 Å². The molecule has 0 aliphatic carbocycles. The number of benzene rings is 2. The van der Waals surface area contributed by atoms with Gasteiger partial charge in [0.05, 0.1) is 30.0 Å². The Morgan fingerprint density at radius 3 is 1.70 bits per heavy atom. The summed E-state index contributed by atoms with van der Waals surface area (Å²) in [5, 5.41) is 39.6. The molecule has 0 unspecified atom stereocenters. The first-order valence-corrected chi connectivity index (χ1v) is 16.2. The topological polar surface area (TPSA) is 208 Å². The van der Waals surface area contributed by atoms with E-state index in [-0.39, 0.29) is 56.4 Å². The van der Waals surface area contributed by atoms with Crippen LogP contribution in [0.5, 0.6) is 0 Å². The van der Waals surface area contributed by atoms with Crippen LogP contribution in [-0.4, -0.2) is 151 Å². The van der Waals surface area contributed by atoms with Gasteiger partial charge < -0.3 is 15.3 Å². The number of pyridine rings is 1. The van der Waals surface area contributed by atoms with Crippen molar-refractivity contribution in [3.05, 3.63) is 48.2 Å². The Kier molecular flexibility index (Phi) is 11.9. The van der Waals surface area contributed by atoms with E-state index < -0.39 is 27.9 Å². The van der Waals surface area contributed by atoms with Crippen LogP contribution in [0, 0.1) is 11.3 Å². The van der Waals surface area contributed by atoms with E-state index in [9.17, 15) is 43.4 Å². The number of aliphatic carboxylic acids is 3. The molecule has 2 heterocycles. The summed E-state index contributed by atoms with van der Waals surface area (Å²) in [6.07, 6.45) is 0. The highest BCUT2D eigenvalue weighted by Gasteiger charge is 2.21. The van der Waals surface area contributed by atoms with Gasteiger partial charge in [-0.3, -0.25) is 34.0 Å². The van der Waals surface area contributed by atoms with Crippen LogP contribution in [0.15, 0.2) is 47.4 Å². The number of hydrogen-bond donors (Lipinski definition) is 4. The maximum absolute atomic E-state index is 13.3. The number of carbonyl (C=O) groups is 3. The van der Waals surface area contributed by atoms with Crippen molar-refractivity contribution >= 4 is 49.6 Å². The van der Waals surface area contributed by atoms with Gasteiger partial charge in [0.25, 0.3) is 0 Å². The van der Waals surface area contributed by atoms with Crippen LogP contribution in [0.25, 0.3) is 21.7 Å². The quantitative estimate of drug-likeness (QED) is 0.201. The number of fused-ring (bicyclic) bond motifs is 3. The lowest BCUT2D eigenvalue weighted by Crippen LogP contribution is -2.49. The van der Waals surface area contributed by atoms with E-state index in [1.807, 2.05) is 11.0 Å². The minimum Gasteiger partial charge on any atom is -0.480 e. The molecule has 4 N–H and O–H groups in total. The third-order valence-electron chi connectivity index (χ3n) is 7.82. The molecule has 1 aliphatic heterocycles. The molecule has 3 aromatic rings. The third-order valence-corrected chi connectivity index (χ3v) is 9.27. The number of carboxylic acid groups (broad SMARTS) is 3. The van der Waals surface area contributed by atoms with Crippen molar-refractivity contribution in [3.8, 4) is 6.07 Å². The lowest BCUT2D eigenvalue weighted by atomic mass is 10.0. The van der Waals surface area contributed by atoms with Gasteiger partial charge in [0.15, 0.2) is 0 Å². The maximum atomic E-state index is 13.3. The van der Waals surface area contributed by atoms with Crippen LogP contribution >= 0.6 is 0 Å². The van der Waals surface area contributed by atoms with E-state index in [0.29, 0.717) is 60.9 Å². The maximum Gasteiger partial charge on any atom is 0.317 e. The zero-order valence-corrected chi connectivity index (χ0v) is 26.0. The van der Waals surface area contributed by atoms with E-state index in [2.05, 4.69) is 15.8 Å². The molecule has 1 aliphatic rings. The van der Waals surface area contributed by atoms with E-state index in [4.69, 9.17) is 0 Å². The fourth-order valence-corrected chi connectivity index (χ4v) is 6.50. The van der Waals surface area contributed by atoms with Gasteiger partial charge >= 0.3 is 17.9 Å². The molecule has 0 spiro atoms. The molecule has 16 heteroatoms. The first-order chi connectivity index (χ1) is 21.9. The van der Waals surface area contributed by atoms with Crippen molar-refractivity contribution in [1.29, 1.82) is 5.26 Å². The molecule has 246 valence electrons. The van der Waals surface area contributed by atoms with Crippen molar-refractivity contribution in [2.24, 2.45) is 0 Å². The summed E-state index contributed by atoms with van der Waals surface area (Å²) in [6, 6.07) is 13.8. The molecule has 1 saturated heterocycles. The highest BCUT2D eigenvalue weighted by Crippen LogP contribution is 2.28. The van der Waals surface area contributed by atoms with Gasteiger partial charge in [-0.15, -0.1) is 0 Å². The predicted molar refractivity (Wildman–Crippen MR) is 168 cm³/mol. The number of carboxylic acids is 3. The first kappa shape index (κ1) is 34.6. The van der Waals surface area contributed by atoms with E-state index in [1.165, 1.54) is 12.1 Å². The lowest BCUT2D eigenvalue weighted by molar-refractivity contribution is -0.140. The number of hydrogen-bond acceptors (Lipinski definition) is 11. The molecule has 46 heavy (non-hydrogen) atoms. The number of rotatable bonds is 11. The SMILES string of the molecule is N#Cc1nc2ccc(S(=O)(=O)NCCN3CCN(CC(=O)O)CCN(CC(=O)O)CCN(CC(=O)O)CC3)cc2c2ccccc12. The van der Waals surface area contributed by atoms with E-state index in [0.717, 1.165) is 0 Å². The van der Waals surface area contributed by atoms with Gasteiger partial charge in [0.1, 0.15) is 11.8 Å². The molecule has 0 saturated carbocycles. The number of sulfonamides is 1. The molecule has 0 radical (unpaired) electrons. The van der Waals surface area contributed by atoms with Crippen LogP contribution in [0.4, 0.5) is 0 Å². The molecule has 1 aromatic heterocycles. The summed E-state index contributed by atoms with van der Waals surface area (Å²) in [5.41, 5.74) is 0.751. The smallest absolute Gasteiger partial charge is 0.317 e. The summed E-state index contributed by atoms with van der Waals surface area (Å²) in [5.74, 6) is -3.07. The highest BCUT2D eigenvalue weighted by atomic mass is 32.2. The van der Waals surface area contributed by atoms with Crippen molar-refractivity contribution in [1.82, 2.24) is 29.3 Å². The van der Waals surface area contributed by atoms with Gasteiger partial charge in [-0.05, 0) is 23.6 Å². The van der Waals surface area contributed by atoms with Crippen LogP contribution in [-0.2, 0) is 24.4 Å². The highest BCUT2D eigenvalue weighted by molar-refractivity contribution is 7.89. The number of aromatic nitrogens is 1. The molecule has 4 rings (SSSR count). The molecular formula is C30H37N7O8S. The largest absolute Gasteiger partial charge is 0.480 e. The Morgan fingerprint density at radius 2 is 1.22 bits per heavy atom. The third kappa shape index (κ3) is 9.63. The van der Waals surface area contributed by atoms with Crippen molar-refractivity contribution in [2.45, 2.75) is 4.90 Å². The monoisotopic (exact) mass is 655 g/mol. The summed E-state index contributed by atoms with van der Waals surface area (Å²) in [6.45, 7) is 2.15. The number of nitrogens with one attached hydrogen (secondary N) is 1. The molecular weight excluding hydrogens is 618 g/mol. The van der Waals surface area contributed by atoms with Crippen LogP contribution in [0.1, 0.15) is 5.69 Å². The molecule has 1 fully saturated rings. The second kappa shape index (κ2) is 15.9. The molecule has 0 bridgehead atoms. The fourth-order valence-electron chi connectivity index (χ4n) is 5.46. The Morgan fingerprint density at radius 1 is 0.739 bits per heavy atom. The number of nitriles is 1. The van der Waals surface area contributed by atoms with Crippen molar-refractivity contribution < 1.29 is 38.1 Å². The standard InChI is InChI=1S/C30H37N7O8S/c31-18-27-24-4-2-1-3-23(24)25-17-22(5-6-26(25)33-27)46(44,45)32-7-8-34-9-11-35(19-28(38)39)13-15-37(21-30(42)43)16-14-36(12-10-34)20-29(40)41/h1-6,17,32H,7-16,19-21H2,(H,38,39)(H,40,41)(H,42,43). The van der Waals surface area contributed by atoms with Gasteiger partial charge in [0.2, 0.25) is 10.0 Å². The lowest BCUT2D eigenvalue weighted by Gasteiger charge is -2.33. The van der Waals surface area contributed by atoms with Crippen LogP contribution in [0.2, 0.25) is 0 Å². The van der Waals surface area contributed by atoms with E-state index in [1.54, 1.807) is 39.0 Å². The summed E-state index contributed by atoms with van der Waals surface area (Å²) in [4.78, 5) is 45.8. The molecule has 15 nitrogen and oxygen atoms in total. The Hall–Kier alpha value is -4.24. The molecule has 0 atom stereocenters. The minimum atomic E-state index is -3.95. The second-order valence-corrected chi connectivity index (χ2v) is 12.8. The van der Waals surface area contributed by atoms with Gasteiger partial charge in [-0.25, -0.2) is 18.1 Å². The summed E-state index contributed by atoms with van der Waals surface area (Å²) < 4.78 is 29.3. The van der Waals surface area contributed by atoms with Crippen LogP contribution < -0.4 is 4.72 Å². The average molecular weight is 656 g/mol. The molecule has 0 amide bonds. The van der Waals surface area contributed by atoms with Gasteiger partial charge in [-0.2, -0.15) is 5.26 Å². The summed E-state index contributed by atoms with van der Waals surface area (Å²) >= 11 is 0. The average Bonchev–Trinajstić information content (AvgIpc) is 3.00. The first-order valence-electron chi connectivity index (χ1n) is 14.7. The number of nitrogens with zero attached hydrogens (tertiary/aromatic N) is 6. The fraction of sp³-hybridized carbons (Fsp3) is 0.433. The van der Waals surface area contributed by atoms with Crippen molar-refractivity contribution in [3.63, 3.8) is 0 Å². The van der Waals surface area contributed by atoms with Crippen molar-refractivity contribution in [2.75, 3.05) is 85.1 Å². The zero-order chi connectivity index (χ0) is 33.3. The Bertz CT molecular complexity index is 1700. The normalized spacial score (nSPS) is 16.8. The zero-order valence-electron chi connectivity index (χ0n) is 25.2. The Labute approximate surface area is 266 Å². The molecule has 2 aromatic carbocycles. The summed E-state index contributed by atoms with van der Waals surface area (Å²) in [7, 11) is -3.95. The second-order valence-electron chi connectivity index (χ2n) is 11.0. The Balaban J connectivity index is 1.48. The predicted octanol–water partition coefficient (Wildman–Crippen LogP) is 0.0134. The van der Waals surface area contributed by atoms with Gasteiger partial charge in [-0.1, -0.05) is 24.3 Å². The van der Waals surface area contributed by atoms with Crippen LogP contribution in [0.3, 0.4) is 0 Å².